The Hall–Kier alpha value is -1.98. The molecule has 0 spiro atoms. The lowest BCUT2D eigenvalue weighted by atomic mass is 10.1. The van der Waals surface area contributed by atoms with Gasteiger partial charge in [0, 0.05) is 30.2 Å². The van der Waals surface area contributed by atoms with Gasteiger partial charge in [-0.25, -0.2) is 9.97 Å². The summed E-state index contributed by atoms with van der Waals surface area (Å²) in [7, 11) is 0. The molecule has 0 amide bonds. The van der Waals surface area contributed by atoms with Gasteiger partial charge >= 0.3 is 0 Å². The van der Waals surface area contributed by atoms with Gasteiger partial charge in [-0.3, -0.25) is 0 Å². The molecule has 5 heteroatoms. The number of hydrogen-bond acceptors (Lipinski definition) is 5. The molecular weight excluding hydrogens is 264 g/mol. The first kappa shape index (κ1) is 14.0. The summed E-state index contributed by atoms with van der Waals surface area (Å²) in [4.78, 5) is 8.77. The minimum absolute atomic E-state index is 0.144. The Bertz CT molecular complexity index is 586. The van der Waals surface area contributed by atoms with Gasteiger partial charge in [0.1, 0.15) is 0 Å². The quantitative estimate of drug-likeness (QED) is 0.907. The van der Waals surface area contributed by atoms with E-state index in [2.05, 4.69) is 32.7 Å². The predicted octanol–water partition coefficient (Wildman–Crippen LogP) is 2.50. The molecule has 3 rings (SSSR count). The second-order valence-electron chi connectivity index (χ2n) is 5.28. The molecule has 1 aliphatic heterocycles. The van der Waals surface area contributed by atoms with Crippen LogP contribution in [-0.4, -0.2) is 29.7 Å². The van der Waals surface area contributed by atoms with E-state index in [0.29, 0.717) is 5.95 Å². The van der Waals surface area contributed by atoms with Crippen LogP contribution in [0.3, 0.4) is 0 Å². The molecule has 21 heavy (non-hydrogen) atoms. The number of nitrogens with one attached hydrogen (secondary N) is 2. The van der Waals surface area contributed by atoms with Gasteiger partial charge in [-0.15, -0.1) is 0 Å². The lowest BCUT2D eigenvalue weighted by Crippen LogP contribution is -2.33. The first-order chi connectivity index (χ1) is 10.2. The number of aromatic nitrogens is 2. The Balaban J connectivity index is 1.71. The second-order valence-corrected chi connectivity index (χ2v) is 5.28. The molecule has 1 unspecified atom stereocenters. The van der Waals surface area contributed by atoms with Crippen LogP contribution in [0.2, 0.25) is 0 Å². The van der Waals surface area contributed by atoms with Crippen LogP contribution in [0, 0.1) is 13.8 Å². The highest BCUT2D eigenvalue weighted by atomic mass is 16.5. The molecule has 0 saturated carbocycles. The highest BCUT2D eigenvalue weighted by molar-refractivity contribution is 5.54. The number of morpholine rings is 1. The molecule has 1 aromatic heterocycles. The van der Waals surface area contributed by atoms with Crippen LogP contribution in [0.4, 0.5) is 11.6 Å². The van der Waals surface area contributed by atoms with E-state index in [1.165, 1.54) is 5.56 Å². The van der Waals surface area contributed by atoms with E-state index in [1.807, 2.05) is 32.0 Å². The summed E-state index contributed by atoms with van der Waals surface area (Å²) in [5, 5.41) is 6.58. The van der Waals surface area contributed by atoms with Gasteiger partial charge in [-0.2, -0.15) is 0 Å². The Kier molecular flexibility index (Phi) is 4.13. The third kappa shape index (κ3) is 3.56. The third-order valence-electron chi connectivity index (χ3n) is 3.45. The summed E-state index contributed by atoms with van der Waals surface area (Å²) in [5.41, 5.74) is 4.09. The smallest absolute Gasteiger partial charge is 0.227 e. The number of benzene rings is 1. The van der Waals surface area contributed by atoms with Gasteiger partial charge in [-0.1, -0.05) is 12.1 Å². The molecule has 1 aliphatic rings. The molecule has 2 aromatic rings. The normalized spacial score (nSPS) is 18.5. The molecule has 110 valence electrons. The van der Waals surface area contributed by atoms with E-state index in [4.69, 9.17) is 4.74 Å². The van der Waals surface area contributed by atoms with Gasteiger partial charge in [0.15, 0.2) is 0 Å². The molecule has 1 fully saturated rings. The van der Waals surface area contributed by atoms with Crippen LogP contribution in [0.1, 0.15) is 23.1 Å². The maximum absolute atomic E-state index is 5.75. The van der Waals surface area contributed by atoms with E-state index in [9.17, 15) is 0 Å². The lowest BCUT2D eigenvalue weighted by Gasteiger charge is -2.24. The third-order valence-corrected chi connectivity index (χ3v) is 3.45. The Morgan fingerprint density at radius 2 is 1.86 bits per heavy atom. The predicted molar refractivity (Wildman–Crippen MR) is 82.8 cm³/mol. The summed E-state index contributed by atoms with van der Waals surface area (Å²) >= 11 is 0. The number of nitrogens with zero attached hydrogens (tertiary/aromatic N) is 2. The Morgan fingerprint density at radius 1 is 1.14 bits per heavy atom. The summed E-state index contributed by atoms with van der Waals surface area (Å²) in [6, 6.07) is 10.2. The molecular formula is C16H20N4O. The number of ether oxygens (including phenoxy) is 1. The maximum atomic E-state index is 5.75. The minimum atomic E-state index is 0.144. The fraction of sp³-hybridized carbons (Fsp3) is 0.375. The topological polar surface area (TPSA) is 59.1 Å². The number of hydrogen-bond donors (Lipinski definition) is 2. The number of anilines is 2. The van der Waals surface area contributed by atoms with Crippen molar-refractivity contribution in [3.05, 3.63) is 47.3 Å². The van der Waals surface area contributed by atoms with Crippen molar-refractivity contribution in [1.82, 2.24) is 15.3 Å². The van der Waals surface area contributed by atoms with Gasteiger partial charge in [0.25, 0.3) is 0 Å². The van der Waals surface area contributed by atoms with Gasteiger partial charge < -0.3 is 15.4 Å². The standard InChI is InChI=1S/C16H20N4O/c1-11-9-12(2)19-16(18-11)20-14-5-3-13(4-6-14)15-10-17-7-8-21-15/h3-6,9,15,17H,7-8,10H2,1-2H3,(H,18,19,20). The van der Waals surface area contributed by atoms with Crippen LogP contribution in [0.25, 0.3) is 0 Å². The summed E-state index contributed by atoms with van der Waals surface area (Å²) < 4.78 is 5.75. The SMILES string of the molecule is Cc1cc(C)nc(Nc2ccc(C3CNCCO3)cc2)n1. The first-order valence-electron chi connectivity index (χ1n) is 7.22. The maximum Gasteiger partial charge on any atom is 0.227 e. The van der Waals surface area contributed by atoms with Crippen LogP contribution >= 0.6 is 0 Å². The van der Waals surface area contributed by atoms with Gasteiger partial charge in [-0.05, 0) is 37.6 Å². The first-order valence-corrected chi connectivity index (χ1v) is 7.22. The van der Waals surface area contributed by atoms with Crippen LogP contribution in [0.15, 0.2) is 30.3 Å². The van der Waals surface area contributed by atoms with Gasteiger partial charge in [0.2, 0.25) is 5.95 Å². The lowest BCUT2D eigenvalue weighted by molar-refractivity contribution is 0.0277. The molecule has 0 bridgehead atoms. The molecule has 2 heterocycles. The van der Waals surface area contributed by atoms with Crippen molar-refractivity contribution in [1.29, 1.82) is 0 Å². The number of aryl methyl sites for hydroxylation is 2. The molecule has 5 nitrogen and oxygen atoms in total. The van der Waals surface area contributed by atoms with Crippen molar-refractivity contribution in [2.24, 2.45) is 0 Å². The number of rotatable bonds is 3. The highest BCUT2D eigenvalue weighted by Gasteiger charge is 2.15. The average Bonchev–Trinajstić information content (AvgIpc) is 2.48. The molecule has 0 radical (unpaired) electrons. The molecule has 1 atom stereocenters. The summed E-state index contributed by atoms with van der Waals surface area (Å²) in [6.07, 6.45) is 0.144. The van der Waals surface area contributed by atoms with Crippen molar-refractivity contribution < 1.29 is 4.74 Å². The van der Waals surface area contributed by atoms with Crippen molar-refractivity contribution in [3.63, 3.8) is 0 Å². The summed E-state index contributed by atoms with van der Waals surface area (Å²) in [5.74, 6) is 0.635. The fourth-order valence-corrected chi connectivity index (χ4v) is 2.47. The zero-order chi connectivity index (χ0) is 14.7. The Labute approximate surface area is 124 Å². The van der Waals surface area contributed by atoms with E-state index >= 15 is 0 Å². The van der Waals surface area contributed by atoms with Crippen molar-refractivity contribution >= 4 is 11.6 Å². The Morgan fingerprint density at radius 3 is 2.48 bits per heavy atom. The largest absolute Gasteiger partial charge is 0.371 e. The molecule has 0 aliphatic carbocycles. The second kappa shape index (κ2) is 6.20. The van der Waals surface area contributed by atoms with Crippen LogP contribution < -0.4 is 10.6 Å². The van der Waals surface area contributed by atoms with E-state index in [1.54, 1.807) is 0 Å². The monoisotopic (exact) mass is 284 g/mol. The van der Waals surface area contributed by atoms with Gasteiger partial charge in [0.05, 0.1) is 12.7 Å². The van der Waals surface area contributed by atoms with E-state index in [0.717, 1.165) is 36.8 Å². The minimum Gasteiger partial charge on any atom is -0.371 e. The van der Waals surface area contributed by atoms with Crippen molar-refractivity contribution in [2.45, 2.75) is 20.0 Å². The highest BCUT2D eigenvalue weighted by Crippen LogP contribution is 2.22. The average molecular weight is 284 g/mol. The van der Waals surface area contributed by atoms with Crippen LogP contribution in [-0.2, 0) is 4.74 Å². The zero-order valence-electron chi connectivity index (χ0n) is 12.4. The summed E-state index contributed by atoms with van der Waals surface area (Å²) in [6.45, 7) is 6.50. The van der Waals surface area contributed by atoms with E-state index < -0.39 is 0 Å². The molecule has 2 N–H and O–H groups in total. The van der Waals surface area contributed by atoms with Crippen LogP contribution in [0.5, 0.6) is 0 Å². The fourth-order valence-electron chi connectivity index (χ4n) is 2.47. The molecule has 1 saturated heterocycles. The molecule has 1 aromatic carbocycles. The van der Waals surface area contributed by atoms with E-state index in [-0.39, 0.29) is 6.10 Å². The zero-order valence-corrected chi connectivity index (χ0v) is 12.4. The van der Waals surface area contributed by atoms with Crippen molar-refractivity contribution in [3.8, 4) is 0 Å². The van der Waals surface area contributed by atoms with Crippen molar-refractivity contribution in [2.75, 3.05) is 25.0 Å².